The molecule has 1 aliphatic heterocycles. The molecule has 1 amide bonds. The summed E-state index contributed by atoms with van der Waals surface area (Å²) in [5.74, 6) is -0.0132. The Morgan fingerprint density at radius 1 is 1.20 bits per heavy atom. The number of sulfonamides is 1. The molecule has 0 atom stereocenters. The van der Waals surface area contributed by atoms with Crippen molar-refractivity contribution in [3.05, 3.63) is 29.3 Å². The molecule has 1 heterocycles. The van der Waals surface area contributed by atoms with Crippen LogP contribution in [0.3, 0.4) is 0 Å². The third-order valence-corrected chi connectivity index (χ3v) is 7.07. The third kappa shape index (κ3) is 3.13. The highest BCUT2D eigenvalue weighted by molar-refractivity contribution is 7.89. The Labute approximate surface area is 150 Å². The molecule has 0 radical (unpaired) electrons. The number of hydrogen-bond donors (Lipinski definition) is 0. The topological polar surface area (TPSA) is 57.7 Å². The molecular formula is C19H26N2O3S. The molecule has 3 rings (SSSR count). The van der Waals surface area contributed by atoms with Crippen molar-refractivity contribution in [1.82, 2.24) is 4.31 Å². The first-order valence-corrected chi connectivity index (χ1v) is 10.4. The number of likely N-dealkylation sites (N-methyl/N-ethyl adjacent to an activating group) is 1. The highest BCUT2D eigenvalue weighted by atomic mass is 32.2. The van der Waals surface area contributed by atoms with Crippen LogP contribution in [0.5, 0.6) is 0 Å². The summed E-state index contributed by atoms with van der Waals surface area (Å²) in [5.41, 5.74) is 3.47. The SMILES string of the molecule is CCCCN(C)S(=O)(=O)c1ccc2c(c1)C(=C1CCCC1)C(=O)N2C. The second-order valence-electron chi connectivity index (χ2n) is 6.91. The van der Waals surface area contributed by atoms with Gasteiger partial charge in [-0.1, -0.05) is 18.9 Å². The van der Waals surface area contributed by atoms with Gasteiger partial charge in [-0.25, -0.2) is 12.7 Å². The van der Waals surface area contributed by atoms with E-state index in [4.69, 9.17) is 0 Å². The van der Waals surface area contributed by atoms with Crippen molar-refractivity contribution in [2.24, 2.45) is 0 Å². The number of nitrogens with zero attached hydrogens (tertiary/aromatic N) is 2. The maximum Gasteiger partial charge on any atom is 0.258 e. The van der Waals surface area contributed by atoms with E-state index in [-0.39, 0.29) is 10.8 Å². The zero-order valence-corrected chi connectivity index (χ0v) is 16.0. The van der Waals surface area contributed by atoms with Crippen LogP contribution in [0, 0.1) is 0 Å². The molecule has 1 aromatic carbocycles. The van der Waals surface area contributed by atoms with Gasteiger partial charge in [0.2, 0.25) is 10.0 Å². The Hall–Kier alpha value is -1.66. The zero-order chi connectivity index (χ0) is 18.2. The van der Waals surface area contributed by atoms with Crippen LogP contribution < -0.4 is 4.90 Å². The molecular weight excluding hydrogens is 336 g/mol. The summed E-state index contributed by atoms with van der Waals surface area (Å²) in [4.78, 5) is 14.6. The molecule has 0 N–H and O–H groups in total. The maximum atomic E-state index is 12.8. The Balaban J connectivity index is 2.05. The molecule has 0 aromatic heterocycles. The Morgan fingerprint density at radius 2 is 1.88 bits per heavy atom. The van der Waals surface area contributed by atoms with Crippen LogP contribution >= 0.6 is 0 Å². The first kappa shape index (κ1) is 18.1. The number of unbranched alkanes of at least 4 members (excludes halogenated alkanes) is 1. The summed E-state index contributed by atoms with van der Waals surface area (Å²) in [5, 5.41) is 0. The zero-order valence-electron chi connectivity index (χ0n) is 15.2. The van der Waals surface area contributed by atoms with E-state index in [1.54, 1.807) is 37.2 Å². The van der Waals surface area contributed by atoms with E-state index in [1.165, 1.54) is 9.88 Å². The third-order valence-electron chi connectivity index (χ3n) is 5.21. The highest BCUT2D eigenvalue weighted by Gasteiger charge is 2.34. The predicted octanol–water partition coefficient (Wildman–Crippen LogP) is 3.41. The summed E-state index contributed by atoms with van der Waals surface area (Å²) in [6.45, 7) is 2.54. The molecule has 0 unspecified atom stereocenters. The molecule has 0 spiro atoms. The molecule has 1 fully saturated rings. The molecule has 1 aromatic rings. The van der Waals surface area contributed by atoms with Gasteiger partial charge in [0, 0.05) is 31.8 Å². The average molecular weight is 362 g/mol. The molecule has 136 valence electrons. The summed E-state index contributed by atoms with van der Waals surface area (Å²) in [7, 11) is -0.162. The van der Waals surface area contributed by atoms with Gasteiger partial charge in [-0.3, -0.25) is 4.79 Å². The summed E-state index contributed by atoms with van der Waals surface area (Å²) >= 11 is 0. The second kappa shape index (κ2) is 6.92. The quantitative estimate of drug-likeness (QED) is 0.754. The van der Waals surface area contributed by atoms with E-state index in [2.05, 4.69) is 0 Å². The summed E-state index contributed by atoms with van der Waals surface area (Å²) in [6.07, 6.45) is 5.84. The lowest BCUT2D eigenvalue weighted by Crippen LogP contribution is -2.28. The molecule has 2 aliphatic rings. The van der Waals surface area contributed by atoms with E-state index in [0.717, 1.165) is 55.3 Å². The smallest absolute Gasteiger partial charge is 0.258 e. The first-order valence-electron chi connectivity index (χ1n) is 8.98. The summed E-state index contributed by atoms with van der Waals surface area (Å²) in [6, 6.07) is 5.06. The predicted molar refractivity (Wildman–Crippen MR) is 100.0 cm³/mol. The van der Waals surface area contributed by atoms with Crippen LogP contribution in [0.25, 0.3) is 5.57 Å². The number of amides is 1. The minimum atomic E-state index is -3.53. The van der Waals surface area contributed by atoms with E-state index >= 15 is 0 Å². The number of anilines is 1. The van der Waals surface area contributed by atoms with Crippen molar-refractivity contribution in [1.29, 1.82) is 0 Å². The van der Waals surface area contributed by atoms with E-state index in [0.29, 0.717) is 6.54 Å². The van der Waals surface area contributed by atoms with Crippen molar-refractivity contribution < 1.29 is 13.2 Å². The van der Waals surface area contributed by atoms with E-state index in [9.17, 15) is 13.2 Å². The molecule has 0 bridgehead atoms. The monoisotopic (exact) mass is 362 g/mol. The van der Waals surface area contributed by atoms with Gasteiger partial charge in [0.15, 0.2) is 0 Å². The van der Waals surface area contributed by atoms with Crippen molar-refractivity contribution in [2.45, 2.75) is 50.3 Å². The second-order valence-corrected chi connectivity index (χ2v) is 8.95. The van der Waals surface area contributed by atoms with Gasteiger partial charge >= 0.3 is 0 Å². The first-order chi connectivity index (χ1) is 11.9. The van der Waals surface area contributed by atoms with Crippen LogP contribution in [-0.4, -0.2) is 39.3 Å². The number of hydrogen-bond acceptors (Lipinski definition) is 3. The Kier molecular flexibility index (Phi) is 5.02. The van der Waals surface area contributed by atoms with E-state index in [1.807, 2.05) is 6.92 Å². The molecule has 1 aliphatic carbocycles. The van der Waals surface area contributed by atoms with Gasteiger partial charge in [-0.2, -0.15) is 0 Å². The normalized spacial score (nSPS) is 17.8. The lowest BCUT2D eigenvalue weighted by atomic mass is 10.00. The van der Waals surface area contributed by atoms with Crippen molar-refractivity contribution in [2.75, 3.05) is 25.5 Å². The minimum absolute atomic E-state index is 0.0132. The summed E-state index contributed by atoms with van der Waals surface area (Å²) < 4.78 is 27.1. The van der Waals surface area contributed by atoms with Crippen LogP contribution in [0.15, 0.2) is 28.7 Å². The number of rotatable bonds is 5. The lowest BCUT2D eigenvalue weighted by molar-refractivity contribution is -0.112. The molecule has 0 saturated heterocycles. The van der Waals surface area contributed by atoms with Crippen LogP contribution in [0.4, 0.5) is 5.69 Å². The van der Waals surface area contributed by atoms with Crippen molar-refractivity contribution >= 4 is 27.2 Å². The minimum Gasteiger partial charge on any atom is -0.311 e. The van der Waals surface area contributed by atoms with Gasteiger partial charge in [-0.05, 0) is 50.3 Å². The largest absolute Gasteiger partial charge is 0.311 e. The van der Waals surface area contributed by atoms with Gasteiger partial charge < -0.3 is 4.90 Å². The number of carbonyl (C=O) groups excluding carboxylic acids is 1. The molecule has 25 heavy (non-hydrogen) atoms. The van der Waals surface area contributed by atoms with Crippen molar-refractivity contribution in [3.8, 4) is 0 Å². The lowest BCUT2D eigenvalue weighted by Gasteiger charge is -2.17. The fourth-order valence-corrected chi connectivity index (χ4v) is 4.87. The van der Waals surface area contributed by atoms with Crippen LogP contribution in [0.2, 0.25) is 0 Å². The average Bonchev–Trinajstić information content (AvgIpc) is 3.20. The van der Waals surface area contributed by atoms with Crippen molar-refractivity contribution in [3.63, 3.8) is 0 Å². The number of carbonyl (C=O) groups is 1. The number of benzene rings is 1. The van der Waals surface area contributed by atoms with Crippen LogP contribution in [0.1, 0.15) is 51.0 Å². The highest BCUT2D eigenvalue weighted by Crippen LogP contribution is 2.42. The molecule has 6 heteroatoms. The molecule has 5 nitrogen and oxygen atoms in total. The Bertz CT molecular complexity index is 819. The molecule has 1 saturated carbocycles. The maximum absolute atomic E-state index is 12.8. The van der Waals surface area contributed by atoms with Crippen LogP contribution in [-0.2, 0) is 14.8 Å². The van der Waals surface area contributed by atoms with Gasteiger partial charge in [0.25, 0.3) is 5.91 Å². The van der Waals surface area contributed by atoms with Gasteiger partial charge in [0.1, 0.15) is 0 Å². The standard InChI is InChI=1S/C19H26N2O3S/c1-4-5-12-20(2)25(23,24)15-10-11-17-16(13-15)18(19(22)21(17)3)14-8-6-7-9-14/h10-11,13H,4-9,12H2,1-3H3. The van der Waals surface area contributed by atoms with Gasteiger partial charge in [-0.15, -0.1) is 0 Å². The van der Waals surface area contributed by atoms with Gasteiger partial charge in [0.05, 0.1) is 10.6 Å². The number of allylic oxidation sites excluding steroid dienone is 1. The van der Waals surface area contributed by atoms with E-state index < -0.39 is 10.0 Å². The number of fused-ring (bicyclic) bond motifs is 1. The fraction of sp³-hybridized carbons (Fsp3) is 0.526. The Morgan fingerprint density at radius 3 is 2.52 bits per heavy atom. The fourth-order valence-electron chi connectivity index (χ4n) is 3.63.